The third-order valence-corrected chi connectivity index (χ3v) is 6.65. The van der Waals surface area contributed by atoms with Gasteiger partial charge in [-0.05, 0) is 43.8 Å². The highest BCUT2D eigenvalue weighted by Crippen LogP contribution is 2.32. The largest absolute Gasteiger partial charge is 0.438 e. The number of rotatable bonds is 5. The van der Waals surface area contributed by atoms with E-state index < -0.39 is 0 Å². The van der Waals surface area contributed by atoms with Gasteiger partial charge < -0.3 is 19.4 Å². The fourth-order valence-corrected chi connectivity index (χ4v) is 4.42. The fraction of sp³-hybridized carbons (Fsp3) is 0.370. The summed E-state index contributed by atoms with van der Waals surface area (Å²) in [6, 6.07) is 13.9. The Morgan fingerprint density at radius 2 is 1.69 bits per heavy atom. The Kier molecular flexibility index (Phi) is 6.63. The van der Waals surface area contributed by atoms with Crippen molar-refractivity contribution in [2.45, 2.75) is 26.3 Å². The molecule has 0 radical (unpaired) electrons. The number of anilines is 1. The molecule has 3 heterocycles. The van der Waals surface area contributed by atoms with Crippen LogP contribution in [0.15, 0.2) is 48.5 Å². The molecule has 0 saturated carbocycles. The van der Waals surface area contributed by atoms with Gasteiger partial charge in [0.15, 0.2) is 0 Å². The Hall–Kier alpha value is -3.52. The van der Waals surface area contributed by atoms with Crippen LogP contribution < -0.4 is 9.64 Å². The fourth-order valence-electron chi connectivity index (χ4n) is 4.42. The van der Waals surface area contributed by atoms with Crippen molar-refractivity contribution < 1.29 is 13.9 Å². The first-order chi connectivity index (χ1) is 16.9. The zero-order valence-electron chi connectivity index (χ0n) is 20.2. The molecule has 0 unspecified atom stereocenters. The quantitative estimate of drug-likeness (QED) is 0.562. The minimum absolute atomic E-state index is 0.00770. The lowest BCUT2D eigenvalue weighted by Crippen LogP contribution is -2.45. The zero-order valence-corrected chi connectivity index (χ0v) is 20.2. The molecule has 3 aromatic rings. The number of hydrogen-bond acceptors (Lipinski definition) is 6. The highest BCUT2D eigenvalue weighted by molar-refractivity contribution is 5.79. The lowest BCUT2D eigenvalue weighted by Gasteiger charge is -2.34. The smallest absolute Gasteiger partial charge is 0.229 e. The number of carbonyl (C=O) groups is 1. The van der Waals surface area contributed by atoms with Crippen LogP contribution in [-0.2, 0) is 24.2 Å². The average molecular weight is 476 g/mol. The van der Waals surface area contributed by atoms with E-state index in [0.717, 1.165) is 48.6 Å². The number of amides is 1. The molecule has 182 valence electrons. The second-order valence-corrected chi connectivity index (χ2v) is 9.33. The molecule has 2 aromatic carbocycles. The molecular weight excluding hydrogens is 445 g/mol. The lowest BCUT2D eigenvalue weighted by molar-refractivity contribution is -0.131. The molecule has 35 heavy (non-hydrogen) atoms. The van der Waals surface area contributed by atoms with Crippen molar-refractivity contribution >= 4 is 11.9 Å². The van der Waals surface area contributed by atoms with E-state index in [2.05, 4.69) is 16.8 Å². The summed E-state index contributed by atoms with van der Waals surface area (Å²) >= 11 is 0. The number of halogens is 1. The predicted molar refractivity (Wildman–Crippen MR) is 132 cm³/mol. The van der Waals surface area contributed by atoms with Gasteiger partial charge in [0.25, 0.3) is 0 Å². The second kappa shape index (κ2) is 10.00. The average Bonchev–Trinajstić information content (AvgIpc) is 2.87. The molecule has 0 aliphatic carbocycles. The molecule has 1 amide bonds. The lowest BCUT2D eigenvalue weighted by atomic mass is 10.0. The van der Waals surface area contributed by atoms with Crippen LogP contribution in [0.1, 0.15) is 22.4 Å². The molecule has 1 saturated heterocycles. The van der Waals surface area contributed by atoms with E-state index in [1.165, 1.54) is 12.1 Å². The number of benzene rings is 2. The highest BCUT2D eigenvalue weighted by atomic mass is 19.1. The number of ether oxygens (including phenoxy) is 1. The van der Waals surface area contributed by atoms with E-state index in [-0.39, 0.29) is 18.1 Å². The number of nitrogens with zero attached hydrogens (tertiary/aromatic N) is 5. The summed E-state index contributed by atoms with van der Waals surface area (Å²) in [5.41, 5.74) is 3.72. The van der Waals surface area contributed by atoms with E-state index in [0.29, 0.717) is 37.1 Å². The van der Waals surface area contributed by atoms with Gasteiger partial charge in [0.05, 0.1) is 24.2 Å². The summed E-state index contributed by atoms with van der Waals surface area (Å²) in [5, 5.41) is 0. The maximum atomic E-state index is 13.2. The summed E-state index contributed by atoms with van der Waals surface area (Å²) in [7, 11) is 2.12. The van der Waals surface area contributed by atoms with Crippen LogP contribution in [-0.4, -0.2) is 65.4 Å². The number of piperazine rings is 1. The summed E-state index contributed by atoms with van der Waals surface area (Å²) in [6.45, 7) is 6.64. The molecule has 2 aliphatic heterocycles. The van der Waals surface area contributed by atoms with Crippen molar-refractivity contribution in [3.63, 3.8) is 0 Å². The van der Waals surface area contributed by atoms with Gasteiger partial charge in [-0.25, -0.2) is 9.37 Å². The van der Waals surface area contributed by atoms with Crippen LogP contribution in [0.4, 0.5) is 10.3 Å². The molecule has 0 spiro atoms. The number of aromatic nitrogens is 2. The summed E-state index contributed by atoms with van der Waals surface area (Å²) in [4.78, 5) is 29.1. The Morgan fingerprint density at radius 3 is 2.40 bits per heavy atom. The summed E-state index contributed by atoms with van der Waals surface area (Å²) in [6.07, 6.45) is 0.863. The van der Waals surface area contributed by atoms with Crippen LogP contribution in [0.3, 0.4) is 0 Å². The van der Waals surface area contributed by atoms with E-state index in [4.69, 9.17) is 14.7 Å². The molecular formula is C27H30FN5O2. The normalized spacial score (nSPS) is 16.2. The van der Waals surface area contributed by atoms with Crippen molar-refractivity contribution in [1.29, 1.82) is 0 Å². The van der Waals surface area contributed by atoms with E-state index in [9.17, 15) is 9.18 Å². The third kappa shape index (κ3) is 5.43. The zero-order chi connectivity index (χ0) is 24.4. The van der Waals surface area contributed by atoms with Crippen molar-refractivity contribution in [2.24, 2.45) is 0 Å². The topological polar surface area (TPSA) is 61.8 Å². The van der Waals surface area contributed by atoms with Gasteiger partial charge >= 0.3 is 0 Å². The Balaban J connectivity index is 1.41. The van der Waals surface area contributed by atoms with Gasteiger partial charge in [-0.15, -0.1) is 0 Å². The summed E-state index contributed by atoms with van der Waals surface area (Å²) < 4.78 is 19.5. The van der Waals surface area contributed by atoms with E-state index in [1.54, 1.807) is 12.1 Å². The van der Waals surface area contributed by atoms with E-state index >= 15 is 0 Å². The number of fused-ring (bicyclic) bond motifs is 1. The van der Waals surface area contributed by atoms with Gasteiger partial charge in [0.1, 0.15) is 11.6 Å². The van der Waals surface area contributed by atoms with Crippen LogP contribution in [0.25, 0.3) is 0 Å². The Labute approximate surface area is 205 Å². The minimum Gasteiger partial charge on any atom is -0.438 e. The first-order valence-electron chi connectivity index (χ1n) is 12.0. The molecule has 1 aromatic heterocycles. The molecule has 0 N–H and O–H groups in total. The number of hydrogen-bond donors (Lipinski definition) is 0. The Bertz CT molecular complexity index is 1190. The van der Waals surface area contributed by atoms with Gasteiger partial charge in [-0.1, -0.05) is 29.8 Å². The molecule has 0 bridgehead atoms. The maximum absolute atomic E-state index is 13.2. The number of carbonyl (C=O) groups excluding carboxylic acids is 1. The van der Waals surface area contributed by atoms with Crippen molar-refractivity contribution in [2.75, 3.05) is 44.7 Å². The monoisotopic (exact) mass is 475 g/mol. The second-order valence-electron chi connectivity index (χ2n) is 9.33. The third-order valence-electron chi connectivity index (χ3n) is 6.65. The molecule has 1 fully saturated rings. The van der Waals surface area contributed by atoms with Gasteiger partial charge in [0.2, 0.25) is 17.7 Å². The van der Waals surface area contributed by atoms with Gasteiger partial charge in [-0.2, -0.15) is 4.98 Å². The Morgan fingerprint density at radius 1 is 0.971 bits per heavy atom. The van der Waals surface area contributed by atoms with Crippen LogP contribution in [0, 0.1) is 12.7 Å². The van der Waals surface area contributed by atoms with Crippen molar-refractivity contribution in [3.05, 3.63) is 76.7 Å². The van der Waals surface area contributed by atoms with Gasteiger partial charge in [0, 0.05) is 39.1 Å². The van der Waals surface area contributed by atoms with Crippen LogP contribution in [0.2, 0.25) is 0 Å². The molecule has 7 nitrogen and oxygen atoms in total. The molecule has 5 rings (SSSR count). The van der Waals surface area contributed by atoms with Crippen molar-refractivity contribution in [3.8, 4) is 11.6 Å². The predicted octanol–water partition coefficient (Wildman–Crippen LogP) is 3.60. The molecule has 2 aliphatic rings. The first-order valence-corrected chi connectivity index (χ1v) is 12.0. The SMILES string of the molecule is Cc1ccc(Oc2nc(N3CCN(C)CC3)nc3c2CN(C(=O)Cc2ccc(F)cc2)CC3)cc1. The van der Waals surface area contributed by atoms with Crippen molar-refractivity contribution in [1.82, 2.24) is 19.8 Å². The first kappa shape index (κ1) is 23.2. The molecule has 8 heteroatoms. The van der Waals surface area contributed by atoms with Gasteiger partial charge in [-0.3, -0.25) is 4.79 Å². The number of aryl methyl sites for hydroxylation is 1. The standard InChI is InChI=1S/C27H30FN5O2/c1-19-3-9-22(10-4-19)35-26-23-18-33(25(34)17-20-5-7-21(28)8-6-20)12-11-24(23)29-27(30-26)32-15-13-31(2)14-16-32/h3-10H,11-18H2,1-2H3. The van der Waals surface area contributed by atoms with E-state index in [1.807, 2.05) is 36.1 Å². The minimum atomic E-state index is -0.306. The number of likely N-dealkylation sites (N-methyl/N-ethyl adjacent to an activating group) is 1. The summed E-state index contributed by atoms with van der Waals surface area (Å²) in [5.74, 6) is 1.58. The molecule has 0 atom stereocenters. The highest BCUT2D eigenvalue weighted by Gasteiger charge is 2.28. The maximum Gasteiger partial charge on any atom is 0.229 e. The van der Waals surface area contributed by atoms with Crippen LogP contribution >= 0.6 is 0 Å². The van der Waals surface area contributed by atoms with Crippen LogP contribution in [0.5, 0.6) is 11.6 Å².